The van der Waals surface area contributed by atoms with E-state index in [0.29, 0.717) is 30.8 Å². The van der Waals surface area contributed by atoms with Gasteiger partial charge in [-0.25, -0.2) is 8.42 Å². The first-order valence-corrected chi connectivity index (χ1v) is 13.1. The molecule has 0 unspecified atom stereocenters. The lowest BCUT2D eigenvalue weighted by molar-refractivity contribution is 0.0950. The predicted octanol–water partition coefficient (Wildman–Crippen LogP) is 3.70. The van der Waals surface area contributed by atoms with E-state index in [2.05, 4.69) is 22.3 Å². The van der Waals surface area contributed by atoms with Crippen molar-refractivity contribution in [3.8, 4) is 0 Å². The molecule has 0 atom stereocenters. The van der Waals surface area contributed by atoms with Gasteiger partial charge in [0, 0.05) is 31.7 Å². The summed E-state index contributed by atoms with van der Waals surface area (Å²) in [6.45, 7) is 6.52. The third kappa shape index (κ3) is 5.39. The zero-order valence-corrected chi connectivity index (χ0v) is 19.7. The molecular weight excluding hydrogens is 422 g/mol. The van der Waals surface area contributed by atoms with E-state index in [0.717, 1.165) is 38.0 Å². The molecule has 0 radical (unpaired) electrons. The maximum Gasteiger partial charge on any atom is 0.251 e. The van der Waals surface area contributed by atoms with E-state index in [1.54, 1.807) is 19.1 Å². The van der Waals surface area contributed by atoms with Crippen LogP contribution in [0, 0.1) is 6.92 Å². The Bertz CT molecular complexity index is 1060. The molecule has 0 aromatic heterocycles. The van der Waals surface area contributed by atoms with Crippen LogP contribution in [0.3, 0.4) is 0 Å². The maximum atomic E-state index is 13.0. The van der Waals surface area contributed by atoms with Gasteiger partial charge in [0.25, 0.3) is 5.91 Å². The second kappa shape index (κ2) is 10.1. The van der Waals surface area contributed by atoms with Crippen molar-refractivity contribution < 1.29 is 13.2 Å². The Morgan fingerprint density at radius 3 is 2.34 bits per heavy atom. The molecule has 2 aliphatic rings. The average Bonchev–Trinajstić information content (AvgIpc) is 3.35. The van der Waals surface area contributed by atoms with Crippen molar-refractivity contribution in [3.05, 3.63) is 64.7 Å². The summed E-state index contributed by atoms with van der Waals surface area (Å²) in [5.74, 6) is -0.260. The van der Waals surface area contributed by atoms with Crippen LogP contribution in [0.1, 0.15) is 59.2 Å². The van der Waals surface area contributed by atoms with Crippen molar-refractivity contribution in [3.63, 3.8) is 0 Å². The highest BCUT2D eigenvalue weighted by molar-refractivity contribution is 7.89. The first-order chi connectivity index (χ1) is 15.4. The molecule has 172 valence electrons. The number of likely N-dealkylation sites (tertiary alicyclic amines) is 1. The van der Waals surface area contributed by atoms with Gasteiger partial charge < -0.3 is 5.32 Å². The van der Waals surface area contributed by atoms with Crippen LogP contribution in [0.15, 0.2) is 47.4 Å². The quantitative estimate of drug-likeness (QED) is 0.691. The highest BCUT2D eigenvalue weighted by Crippen LogP contribution is 2.24. The van der Waals surface area contributed by atoms with Gasteiger partial charge >= 0.3 is 0 Å². The van der Waals surface area contributed by atoms with Gasteiger partial charge in [-0.05, 0) is 74.5 Å². The molecule has 2 heterocycles. The first kappa shape index (κ1) is 23.0. The summed E-state index contributed by atoms with van der Waals surface area (Å²) in [4.78, 5) is 15.5. The van der Waals surface area contributed by atoms with E-state index in [1.807, 2.05) is 12.1 Å². The normalized spacial score (nSPS) is 18.0. The molecule has 1 N–H and O–H groups in total. The fraction of sp³-hybridized carbons (Fsp3) is 0.480. The molecule has 1 amide bonds. The number of aryl methyl sites for hydroxylation is 1. The molecule has 2 aliphatic heterocycles. The third-order valence-electron chi connectivity index (χ3n) is 6.43. The number of carbonyl (C=O) groups excluding carboxylic acids is 1. The standard InChI is InChI=1S/C25H33N3O3S/c1-20-10-11-23(17-24(20)32(30,31)28-14-5-6-15-28)25(29)26-18-21-8-7-9-22(16-21)19-27-12-3-2-4-13-27/h7-11,16-17H,2-6,12-15,18-19H2,1H3,(H,26,29). The van der Waals surface area contributed by atoms with Gasteiger partial charge in [-0.1, -0.05) is 36.8 Å². The molecule has 2 fully saturated rings. The zero-order valence-electron chi connectivity index (χ0n) is 18.8. The van der Waals surface area contributed by atoms with E-state index in [9.17, 15) is 13.2 Å². The van der Waals surface area contributed by atoms with Crippen molar-refractivity contribution in [2.45, 2.75) is 57.0 Å². The van der Waals surface area contributed by atoms with Crippen molar-refractivity contribution in [1.29, 1.82) is 0 Å². The van der Waals surface area contributed by atoms with E-state index in [1.165, 1.54) is 35.2 Å². The molecule has 0 spiro atoms. The van der Waals surface area contributed by atoms with Crippen LogP contribution in [-0.2, 0) is 23.1 Å². The lowest BCUT2D eigenvalue weighted by atomic mass is 10.1. The minimum absolute atomic E-state index is 0.232. The average molecular weight is 456 g/mol. The van der Waals surface area contributed by atoms with Crippen molar-refractivity contribution >= 4 is 15.9 Å². The van der Waals surface area contributed by atoms with Gasteiger partial charge in [0.1, 0.15) is 0 Å². The van der Waals surface area contributed by atoms with Gasteiger partial charge in [0.2, 0.25) is 10.0 Å². The van der Waals surface area contributed by atoms with Gasteiger partial charge in [-0.3, -0.25) is 9.69 Å². The van der Waals surface area contributed by atoms with Gasteiger partial charge in [0.15, 0.2) is 0 Å². The molecule has 7 heteroatoms. The Morgan fingerprint density at radius 1 is 0.906 bits per heavy atom. The second-order valence-electron chi connectivity index (χ2n) is 8.93. The topological polar surface area (TPSA) is 69.7 Å². The molecule has 2 aromatic carbocycles. The monoisotopic (exact) mass is 455 g/mol. The second-order valence-corrected chi connectivity index (χ2v) is 10.8. The number of benzene rings is 2. The first-order valence-electron chi connectivity index (χ1n) is 11.6. The molecule has 32 heavy (non-hydrogen) atoms. The van der Waals surface area contributed by atoms with E-state index in [-0.39, 0.29) is 10.8 Å². The molecule has 0 bridgehead atoms. The fourth-order valence-electron chi connectivity index (χ4n) is 4.58. The zero-order chi connectivity index (χ0) is 22.6. The lowest BCUT2D eigenvalue weighted by Crippen LogP contribution is -2.29. The van der Waals surface area contributed by atoms with Gasteiger partial charge in [0.05, 0.1) is 4.90 Å². The summed E-state index contributed by atoms with van der Waals surface area (Å²) in [5, 5.41) is 2.95. The summed E-state index contributed by atoms with van der Waals surface area (Å²) in [6, 6.07) is 13.3. The largest absolute Gasteiger partial charge is 0.348 e. The van der Waals surface area contributed by atoms with Gasteiger partial charge in [-0.15, -0.1) is 0 Å². The highest BCUT2D eigenvalue weighted by atomic mass is 32.2. The summed E-state index contributed by atoms with van der Waals surface area (Å²) >= 11 is 0. The SMILES string of the molecule is Cc1ccc(C(=O)NCc2cccc(CN3CCCCC3)c2)cc1S(=O)(=O)N1CCCC1. The molecule has 6 nitrogen and oxygen atoms in total. The highest BCUT2D eigenvalue weighted by Gasteiger charge is 2.29. The third-order valence-corrected chi connectivity index (χ3v) is 8.47. The summed E-state index contributed by atoms with van der Waals surface area (Å²) in [5.41, 5.74) is 3.34. The summed E-state index contributed by atoms with van der Waals surface area (Å²) in [7, 11) is -3.56. The van der Waals surface area contributed by atoms with Crippen molar-refractivity contribution in [1.82, 2.24) is 14.5 Å². The number of hydrogen-bond donors (Lipinski definition) is 1. The number of nitrogens with zero attached hydrogens (tertiary/aromatic N) is 2. The Balaban J connectivity index is 1.42. The number of nitrogens with one attached hydrogen (secondary N) is 1. The minimum atomic E-state index is -3.56. The molecule has 0 saturated carbocycles. The molecular formula is C25H33N3O3S. The van der Waals surface area contributed by atoms with Crippen LogP contribution in [0.25, 0.3) is 0 Å². The molecule has 0 aliphatic carbocycles. The van der Waals surface area contributed by atoms with E-state index >= 15 is 0 Å². The minimum Gasteiger partial charge on any atom is -0.348 e. The van der Waals surface area contributed by atoms with Crippen molar-refractivity contribution in [2.75, 3.05) is 26.2 Å². The number of carbonyl (C=O) groups is 1. The van der Waals surface area contributed by atoms with E-state index < -0.39 is 10.0 Å². The van der Waals surface area contributed by atoms with Crippen LogP contribution in [0.4, 0.5) is 0 Å². The number of piperidine rings is 1. The maximum absolute atomic E-state index is 13.0. The Kier molecular flexibility index (Phi) is 7.28. The number of amides is 1. The number of rotatable bonds is 7. The van der Waals surface area contributed by atoms with Crippen LogP contribution in [0.5, 0.6) is 0 Å². The lowest BCUT2D eigenvalue weighted by Gasteiger charge is -2.26. The molecule has 4 rings (SSSR count). The van der Waals surface area contributed by atoms with Crippen LogP contribution in [-0.4, -0.2) is 49.7 Å². The summed E-state index contributed by atoms with van der Waals surface area (Å²) < 4.78 is 27.5. The fourth-order valence-corrected chi connectivity index (χ4v) is 6.35. The van der Waals surface area contributed by atoms with Crippen LogP contribution >= 0.6 is 0 Å². The number of sulfonamides is 1. The Labute approximate surface area is 191 Å². The van der Waals surface area contributed by atoms with Crippen LogP contribution in [0.2, 0.25) is 0 Å². The van der Waals surface area contributed by atoms with Crippen LogP contribution < -0.4 is 5.32 Å². The van der Waals surface area contributed by atoms with Gasteiger partial charge in [-0.2, -0.15) is 4.31 Å². The van der Waals surface area contributed by atoms with E-state index in [4.69, 9.17) is 0 Å². The molecule has 2 aromatic rings. The Morgan fingerprint density at radius 2 is 1.59 bits per heavy atom. The molecule has 2 saturated heterocycles. The number of hydrogen-bond acceptors (Lipinski definition) is 4. The Hall–Kier alpha value is -2.22. The predicted molar refractivity (Wildman–Crippen MR) is 126 cm³/mol. The van der Waals surface area contributed by atoms with Crippen molar-refractivity contribution in [2.24, 2.45) is 0 Å². The smallest absolute Gasteiger partial charge is 0.251 e. The summed E-state index contributed by atoms with van der Waals surface area (Å²) in [6.07, 6.45) is 5.62.